The first-order valence-electron chi connectivity index (χ1n) is 4.13. The summed E-state index contributed by atoms with van der Waals surface area (Å²) in [5, 5.41) is 3.34. The van der Waals surface area contributed by atoms with E-state index in [2.05, 4.69) is 12.2 Å². The second-order valence-electron chi connectivity index (χ2n) is 2.56. The second kappa shape index (κ2) is 8.31. The van der Waals surface area contributed by atoms with Crippen molar-refractivity contribution in [2.24, 2.45) is 0 Å². The Morgan fingerprint density at radius 1 is 1.55 bits per heavy atom. The highest BCUT2D eigenvalue weighted by Crippen LogP contribution is 1.93. The molecule has 68 valence electrons. The maximum absolute atomic E-state index is 5.69. The molecule has 0 amide bonds. The number of ether oxygens (including phenoxy) is 1. The fraction of sp³-hybridized carbons (Fsp3) is 1.00. The van der Waals surface area contributed by atoms with Gasteiger partial charge in [0.1, 0.15) is 0 Å². The zero-order valence-electron chi connectivity index (χ0n) is 7.40. The van der Waals surface area contributed by atoms with Crippen molar-refractivity contribution in [2.75, 3.05) is 26.1 Å². The lowest BCUT2D eigenvalue weighted by molar-refractivity contribution is 0.193. The van der Waals surface area contributed by atoms with E-state index in [1.807, 2.05) is 0 Å². The molecule has 0 radical (unpaired) electrons. The molecule has 0 heterocycles. The Kier molecular flexibility index (Phi) is 8.47. The summed E-state index contributed by atoms with van der Waals surface area (Å²) in [6.07, 6.45) is 2.15. The number of methoxy groups -OCH3 is 1. The molecule has 2 nitrogen and oxygen atoms in total. The van der Waals surface area contributed by atoms with E-state index in [9.17, 15) is 0 Å². The van der Waals surface area contributed by atoms with Crippen molar-refractivity contribution in [3.05, 3.63) is 0 Å². The van der Waals surface area contributed by atoms with E-state index in [1.165, 1.54) is 0 Å². The monoisotopic (exact) mass is 179 g/mol. The number of alkyl halides is 1. The summed E-state index contributed by atoms with van der Waals surface area (Å²) in [5.74, 6) is 0.698. The average Bonchev–Trinajstić information content (AvgIpc) is 2.05. The predicted molar refractivity (Wildman–Crippen MR) is 49.3 cm³/mol. The van der Waals surface area contributed by atoms with Crippen LogP contribution in [0.1, 0.15) is 19.8 Å². The Hall–Kier alpha value is 0.210. The Labute approximate surface area is 74.3 Å². The van der Waals surface area contributed by atoms with Gasteiger partial charge in [-0.2, -0.15) is 0 Å². The number of hydrogen-bond donors (Lipinski definition) is 1. The number of nitrogens with one attached hydrogen (secondary N) is 1. The van der Waals surface area contributed by atoms with Crippen LogP contribution in [0.3, 0.4) is 0 Å². The fourth-order valence-corrected chi connectivity index (χ4v) is 1.16. The number of rotatable bonds is 7. The minimum absolute atomic E-state index is 0.466. The lowest BCUT2D eigenvalue weighted by atomic mass is 10.2. The van der Waals surface area contributed by atoms with Gasteiger partial charge in [-0.15, -0.1) is 11.6 Å². The largest absolute Gasteiger partial charge is 0.385 e. The first kappa shape index (κ1) is 11.2. The van der Waals surface area contributed by atoms with Crippen LogP contribution < -0.4 is 5.32 Å². The summed E-state index contributed by atoms with van der Waals surface area (Å²) in [6, 6.07) is 0.466. The molecule has 0 saturated heterocycles. The van der Waals surface area contributed by atoms with Crippen molar-refractivity contribution in [1.29, 1.82) is 0 Å². The van der Waals surface area contributed by atoms with Crippen LogP contribution in [-0.4, -0.2) is 32.2 Å². The Morgan fingerprint density at radius 3 is 2.73 bits per heavy atom. The summed E-state index contributed by atoms with van der Waals surface area (Å²) in [4.78, 5) is 0. The van der Waals surface area contributed by atoms with Gasteiger partial charge in [-0.05, 0) is 19.4 Å². The molecule has 0 aromatic carbocycles. The van der Waals surface area contributed by atoms with E-state index < -0.39 is 0 Å². The van der Waals surface area contributed by atoms with Gasteiger partial charge in [-0.3, -0.25) is 0 Å². The second-order valence-corrected chi connectivity index (χ2v) is 2.87. The molecule has 0 aliphatic rings. The standard InChI is InChI=1S/C8H18ClNO/c1-3-8(7-9)10-5-4-6-11-2/h8,10H,3-7H2,1-2H3. The van der Waals surface area contributed by atoms with E-state index in [0.29, 0.717) is 11.9 Å². The molecule has 3 heteroatoms. The molecule has 0 saturated carbocycles. The van der Waals surface area contributed by atoms with Gasteiger partial charge in [-0.1, -0.05) is 6.92 Å². The molecular formula is C8H18ClNO. The molecular weight excluding hydrogens is 162 g/mol. The van der Waals surface area contributed by atoms with Gasteiger partial charge in [0.2, 0.25) is 0 Å². The number of halogens is 1. The molecule has 0 aromatic heterocycles. The van der Waals surface area contributed by atoms with Crippen LogP contribution in [0.15, 0.2) is 0 Å². The summed E-state index contributed by atoms with van der Waals surface area (Å²) in [6.45, 7) is 3.96. The Morgan fingerprint density at radius 2 is 2.27 bits per heavy atom. The van der Waals surface area contributed by atoms with Gasteiger partial charge in [0.05, 0.1) is 0 Å². The molecule has 1 N–H and O–H groups in total. The fourth-order valence-electron chi connectivity index (χ4n) is 0.831. The van der Waals surface area contributed by atoms with E-state index in [4.69, 9.17) is 16.3 Å². The summed E-state index contributed by atoms with van der Waals surface area (Å²) >= 11 is 5.69. The average molecular weight is 180 g/mol. The van der Waals surface area contributed by atoms with Crippen molar-refractivity contribution in [1.82, 2.24) is 5.32 Å². The van der Waals surface area contributed by atoms with E-state index in [1.54, 1.807) is 7.11 Å². The lowest BCUT2D eigenvalue weighted by Gasteiger charge is -2.12. The Balaban J connectivity index is 3.07. The predicted octanol–water partition coefficient (Wildman–Crippen LogP) is 1.63. The van der Waals surface area contributed by atoms with Crippen molar-refractivity contribution < 1.29 is 4.74 Å². The van der Waals surface area contributed by atoms with Gasteiger partial charge in [0.15, 0.2) is 0 Å². The molecule has 0 aliphatic heterocycles. The van der Waals surface area contributed by atoms with E-state index in [-0.39, 0.29) is 0 Å². The van der Waals surface area contributed by atoms with Gasteiger partial charge in [-0.25, -0.2) is 0 Å². The van der Waals surface area contributed by atoms with Gasteiger partial charge >= 0.3 is 0 Å². The summed E-state index contributed by atoms with van der Waals surface area (Å²) < 4.78 is 4.92. The van der Waals surface area contributed by atoms with Crippen LogP contribution in [0.5, 0.6) is 0 Å². The van der Waals surface area contributed by atoms with E-state index in [0.717, 1.165) is 26.0 Å². The first-order valence-corrected chi connectivity index (χ1v) is 4.66. The van der Waals surface area contributed by atoms with Crippen LogP contribution in [0, 0.1) is 0 Å². The van der Waals surface area contributed by atoms with Crippen LogP contribution in [-0.2, 0) is 4.74 Å². The maximum Gasteiger partial charge on any atom is 0.0474 e. The molecule has 0 spiro atoms. The normalized spacial score (nSPS) is 13.4. The molecule has 0 rings (SSSR count). The molecule has 0 aliphatic carbocycles. The Bertz CT molecular complexity index is 76.5. The smallest absolute Gasteiger partial charge is 0.0474 e. The quantitative estimate of drug-likeness (QED) is 0.474. The molecule has 0 fully saturated rings. The molecule has 11 heavy (non-hydrogen) atoms. The summed E-state index contributed by atoms with van der Waals surface area (Å²) in [7, 11) is 1.72. The van der Waals surface area contributed by atoms with Gasteiger partial charge in [0, 0.05) is 25.6 Å². The van der Waals surface area contributed by atoms with Crippen LogP contribution in [0.4, 0.5) is 0 Å². The number of hydrogen-bond acceptors (Lipinski definition) is 2. The van der Waals surface area contributed by atoms with Crippen molar-refractivity contribution in [2.45, 2.75) is 25.8 Å². The van der Waals surface area contributed by atoms with Gasteiger partial charge in [0.25, 0.3) is 0 Å². The first-order chi connectivity index (χ1) is 5.35. The van der Waals surface area contributed by atoms with E-state index >= 15 is 0 Å². The minimum atomic E-state index is 0.466. The lowest BCUT2D eigenvalue weighted by Crippen LogP contribution is -2.31. The summed E-state index contributed by atoms with van der Waals surface area (Å²) in [5.41, 5.74) is 0. The third-order valence-corrected chi connectivity index (χ3v) is 2.01. The highest BCUT2D eigenvalue weighted by molar-refractivity contribution is 6.18. The van der Waals surface area contributed by atoms with Crippen molar-refractivity contribution in [3.63, 3.8) is 0 Å². The molecule has 1 unspecified atom stereocenters. The van der Waals surface area contributed by atoms with Crippen molar-refractivity contribution in [3.8, 4) is 0 Å². The third-order valence-electron chi connectivity index (χ3n) is 1.64. The SMILES string of the molecule is CCC(CCl)NCCCOC. The van der Waals surface area contributed by atoms with Crippen LogP contribution in [0.2, 0.25) is 0 Å². The highest BCUT2D eigenvalue weighted by Gasteiger charge is 2.00. The third kappa shape index (κ3) is 6.60. The molecule has 0 bridgehead atoms. The topological polar surface area (TPSA) is 21.3 Å². The zero-order valence-corrected chi connectivity index (χ0v) is 8.16. The highest BCUT2D eigenvalue weighted by atomic mass is 35.5. The molecule has 0 aromatic rings. The van der Waals surface area contributed by atoms with Crippen LogP contribution >= 0.6 is 11.6 Å². The van der Waals surface area contributed by atoms with Gasteiger partial charge < -0.3 is 10.1 Å². The zero-order chi connectivity index (χ0) is 8.53. The molecule has 1 atom stereocenters. The maximum atomic E-state index is 5.69. The minimum Gasteiger partial charge on any atom is -0.385 e. The van der Waals surface area contributed by atoms with Crippen molar-refractivity contribution >= 4 is 11.6 Å². The van der Waals surface area contributed by atoms with Crippen LogP contribution in [0.25, 0.3) is 0 Å².